The molecule has 1 aliphatic rings. The zero-order valence-corrected chi connectivity index (χ0v) is 14.7. The number of hydrogen-bond acceptors (Lipinski definition) is 5. The van der Waals surface area contributed by atoms with Gasteiger partial charge in [0.2, 0.25) is 10.0 Å². The molecule has 0 bridgehead atoms. The molecule has 9 heteroatoms. The summed E-state index contributed by atoms with van der Waals surface area (Å²) < 4.78 is 40.5. The Morgan fingerprint density at radius 2 is 1.73 bits per heavy atom. The van der Waals surface area contributed by atoms with Crippen LogP contribution in [0.4, 0.5) is 10.1 Å². The van der Waals surface area contributed by atoms with Gasteiger partial charge < -0.3 is 0 Å². The molecule has 26 heavy (non-hydrogen) atoms. The van der Waals surface area contributed by atoms with Crippen molar-refractivity contribution in [3.05, 3.63) is 70.0 Å². The van der Waals surface area contributed by atoms with Crippen LogP contribution in [0.5, 0.6) is 0 Å². The summed E-state index contributed by atoms with van der Waals surface area (Å²) in [4.78, 5) is 12.1. The van der Waals surface area contributed by atoms with Crippen LogP contribution in [0.3, 0.4) is 0 Å². The van der Waals surface area contributed by atoms with Crippen molar-refractivity contribution in [3.63, 3.8) is 0 Å². The molecule has 0 aromatic heterocycles. The summed E-state index contributed by atoms with van der Waals surface area (Å²) in [6.45, 7) is 1.83. The minimum atomic E-state index is -3.79. The molecular weight excluding hydrogens is 361 g/mol. The van der Waals surface area contributed by atoms with E-state index in [1.807, 2.05) is 4.90 Å². The van der Waals surface area contributed by atoms with Crippen LogP contribution in [0.15, 0.2) is 53.4 Å². The molecule has 0 N–H and O–H groups in total. The highest BCUT2D eigenvalue weighted by atomic mass is 32.2. The van der Waals surface area contributed by atoms with E-state index in [2.05, 4.69) is 0 Å². The molecule has 0 aliphatic carbocycles. The lowest BCUT2D eigenvalue weighted by molar-refractivity contribution is -0.385. The molecule has 1 saturated heterocycles. The van der Waals surface area contributed by atoms with E-state index in [4.69, 9.17) is 0 Å². The molecule has 0 radical (unpaired) electrons. The highest BCUT2D eigenvalue weighted by Crippen LogP contribution is 2.22. The van der Waals surface area contributed by atoms with Crippen molar-refractivity contribution in [2.75, 3.05) is 26.2 Å². The molecule has 0 saturated carbocycles. The van der Waals surface area contributed by atoms with Gasteiger partial charge in [-0.3, -0.25) is 15.0 Å². The molecule has 1 heterocycles. The van der Waals surface area contributed by atoms with E-state index in [1.54, 1.807) is 18.2 Å². The molecular formula is C17H18FN3O4S. The standard InChI is InChI=1S/C17H18FN3O4S/c18-17-7-2-1-4-14(17)13-19-8-10-20(11-9-19)26(24,25)16-6-3-5-15(12-16)21(22)23/h1-7,12H,8-11,13H2. The van der Waals surface area contributed by atoms with E-state index < -0.39 is 14.9 Å². The average molecular weight is 379 g/mol. The second-order valence-corrected chi connectivity index (χ2v) is 7.96. The lowest BCUT2D eigenvalue weighted by atomic mass is 10.2. The van der Waals surface area contributed by atoms with Crippen LogP contribution >= 0.6 is 0 Å². The van der Waals surface area contributed by atoms with E-state index in [0.29, 0.717) is 25.2 Å². The van der Waals surface area contributed by atoms with Crippen molar-refractivity contribution in [2.45, 2.75) is 11.4 Å². The fourth-order valence-corrected chi connectivity index (χ4v) is 4.36. The van der Waals surface area contributed by atoms with Crippen molar-refractivity contribution in [1.82, 2.24) is 9.21 Å². The van der Waals surface area contributed by atoms with Gasteiger partial charge in [-0.05, 0) is 12.1 Å². The minimum absolute atomic E-state index is 0.0887. The van der Waals surface area contributed by atoms with Crippen LogP contribution in [-0.4, -0.2) is 48.7 Å². The molecule has 3 rings (SSSR count). The Kier molecular flexibility index (Phi) is 5.30. The minimum Gasteiger partial charge on any atom is -0.296 e. The van der Waals surface area contributed by atoms with Gasteiger partial charge in [-0.1, -0.05) is 24.3 Å². The van der Waals surface area contributed by atoms with Crippen molar-refractivity contribution in [2.24, 2.45) is 0 Å². The van der Waals surface area contributed by atoms with Crippen molar-refractivity contribution in [1.29, 1.82) is 0 Å². The maximum absolute atomic E-state index is 13.7. The number of nitro groups is 1. The number of rotatable bonds is 5. The monoisotopic (exact) mass is 379 g/mol. The molecule has 1 aliphatic heterocycles. The van der Waals surface area contributed by atoms with E-state index >= 15 is 0 Å². The van der Waals surface area contributed by atoms with Gasteiger partial charge in [0.25, 0.3) is 5.69 Å². The van der Waals surface area contributed by atoms with E-state index in [0.717, 1.165) is 6.07 Å². The number of hydrogen-bond donors (Lipinski definition) is 0. The number of nitrogens with zero attached hydrogens (tertiary/aromatic N) is 3. The van der Waals surface area contributed by atoms with Crippen LogP contribution in [0.1, 0.15) is 5.56 Å². The lowest BCUT2D eigenvalue weighted by Crippen LogP contribution is -2.48. The number of nitro benzene ring substituents is 1. The van der Waals surface area contributed by atoms with E-state index in [-0.39, 0.29) is 29.5 Å². The SMILES string of the molecule is O=[N+]([O-])c1cccc(S(=O)(=O)N2CCN(Cc3ccccc3F)CC2)c1. The second kappa shape index (κ2) is 7.48. The summed E-state index contributed by atoms with van der Waals surface area (Å²) in [7, 11) is -3.79. The predicted octanol–water partition coefficient (Wildman–Crippen LogP) is 2.24. The molecule has 0 atom stereocenters. The van der Waals surface area contributed by atoms with Gasteiger partial charge >= 0.3 is 0 Å². The first kappa shape index (κ1) is 18.4. The maximum Gasteiger partial charge on any atom is 0.270 e. The normalized spacial score (nSPS) is 16.5. The largest absolute Gasteiger partial charge is 0.296 e. The quantitative estimate of drug-likeness (QED) is 0.588. The Hall–Kier alpha value is -2.36. The highest BCUT2D eigenvalue weighted by Gasteiger charge is 2.29. The number of halogens is 1. The number of piperazine rings is 1. The first-order valence-electron chi connectivity index (χ1n) is 8.08. The van der Waals surface area contributed by atoms with E-state index in [1.165, 1.54) is 28.6 Å². The van der Waals surface area contributed by atoms with Crippen LogP contribution in [-0.2, 0) is 16.6 Å². The van der Waals surface area contributed by atoms with Crippen molar-refractivity contribution >= 4 is 15.7 Å². The molecule has 0 amide bonds. The zero-order valence-electron chi connectivity index (χ0n) is 13.9. The van der Waals surface area contributed by atoms with Crippen molar-refractivity contribution < 1.29 is 17.7 Å². The third kappa shape index (κ3) is 3.90. The zero-order chi connectivity index (χ0) is 18.7. The Morgan fingerprint density at radius 1 is 1.04 bits per heavy atom. The molecule has 1 fully saturated rings. The second-order valence-electron chi connectivity index (χ2n) is 6.03. The van der Waals surface area contributed by atoms with Crippen LogP contribution in [0, 0.1) is 15.9 Å². The summed E-state index contributed by atoms with van der Waals surface area (Å²) in [5.74, 6) is -0.279. The molecule has 2 aromatic carbocycles. The summed E-state index contributed by atoms with van der Waals surface area (Å²) >= 11 is 0. The van der Waals surface area contributed by atoms with Crippen LogP contribution in [0.25, 0.3) is 0 Å². The summed E-state index contributed by atoms with van der Waals surface area (Å²) in [5, 5.41) is 10.9. The van der Waals surface area contributed by atoms with Gasteiger partial charge in [0.1, 0.15) is 5.82 Å². The lowest BCUT2D eigenvalue weighted by Gasteiger charge is -2.34. The summed E-state index contributed by atoms with van der Waals surface area (Å²) in [5.41, 5.74) is 0.312. The highest BCUT2D eigenvalue weighted by molar-refractivity contribution is 7.89. The Labute approximate surface area is 150 Å². The van der Waals surface area contributed by atoms with Gasteiger partial charge in [-0.15, -0.1) is 0 Å². The molecule has 2 aromatic rings. The van der Waals surface area contributed by atoms with E-state index in [9.17, 15) is 22.9 Å². The number of benzene rings is 2. The average Bonchev–Trinajstić information content (AvgIpc) is 2.64. The van der Waals surface area contributed by atoms with Gasteiger partial charge in [-0.2, -0.15) is 4.31 Å². The maximum atomic E-state index is 13.7. The van der Waals surface area contributed by atoms with Gasteiger partial charge in [-0.25, -0.2) is 12.8 Å². The van der Waals surface area contributed by atoms with Crippen molar-refractivity contribution in [3.8, 4) is 0 Å². The molecule has 138 valence electrons. The third-order valence-corrected chi connectivity index (χ3v) is 6.24. The van der Waals surface area contributed by atoms with Gasteiger partial charge in [0.05, 0.1) is 9.82 Å². The smallest absolute Gasteiger partial charge is 0.270 e. The Morgan fingerprint density at radius 3 is 2.38 bits per heavy atom. The molecule has 0 unspecified atom stereocenters. The third-order valence-electron chi connectivity index (χ3n) is 4.35. The molecule has 0 spiro atoms. The van der Waals surface area contributed by atoms with Crippen LogP contribution in [0.2, 0.25) is 0 Å². The fourth-order valence-electron chi connectivity index (χ4n) is 2.90. The summed E-state index contributed by atoms with van der Waals surface area (Å²) in [6, 6.07) is 11.5. The molecule has 7 nitrogen and oxygen atoms in total. The summed E-state index contributed by atoms with van der Waals surface area (Å²) in [6.07, 6.45) is 0. The fraction of sp³-hybridized carbons (Fsp3) is 0.294. The Balaban J connectivity index is 1.68. The van der Waals surface area contributed by atoms with Gasteiger partial charge in [0.15, 0.2) is 0 Å². The topological polar surface area (TPSA) is 83.8 Å². The van der Waals surface area contributed by atoms with Crippen LogP contribution < -0.4 is 0 Å². The Bertz CT molecular complexity index is 912. The predicted molar refractivity (Wildman–Crippen MR) is 93.5 cm³/mol. The van der Waals surface area contributed by atoms with Gasteiger partial charge in [0, 0.05) is 50.4 Å². The first-order valence-corrected chi connectivity index (χ1v) is 9.52. The number of non-ortho nitro benzene ring substituents is 1. The number of sulfonamides is 1. The first-order chi connectivity index (χ1) is 12.4.